The van der Waals surface area contributed by atoms with Crippen molar-refractivity contribution >= 4 is 21.6 Å². The number of amides is 1. The fraction of sp³-hybridized carbons (Fsp3) is 0.409. The zero-order chi connectivity index (χ0) is 22.5. The third-order valence-electron chi connectivity index (χ3n) is 4.84. The van der Waals surface area contributed by atoms with Crippen LogP contribution in [0.15, 0.2) is 42.5 Å². The Morgan fingerprint density at radius 3 is 2.13 bits per heavy atom. The molecule has 8 heteroatoms. The van der Waals surface area contributed by atoms with Gasteiger partial charge in [-0.3, -0.25) is 9.10 Å². The van der Waals surface area contributed by atoms with Crippen LogP contribution in [0.3, 0.4) is 0 Å². The molecular formula is C22H30N2O5S. The molecule has 164 valence electrons. The summed E-state index contributed by atoms with van der Waals surface area (Å²) in [6, 6.07) is 11.7. The first-order valence-corrected chi connectivity index (χ1v) is 11.5. The number of sulfonamides is 1. The highest BCUT2D eigenvalue weighted by molar-refractivity contribution is 7.92. The molecule has 0 aliphatic rings. The largest absolute Gasteiger partial charge is 0.493 e. The van der Waals surface area contributed by atoms with Gasteiger partial charge in [0, 0.05) is 13.6 Å². The standard InChI is InChI=1S/C22H30N2O5S/c1-7-19(24(30(6,26)27)18-11-8-16(2)9-12-18)22(25)23(3)15-17-10-13-20(28-4)21(14-17)29-5/h8-14,19H,7,15H2,1-6H3/t19-/m0/s1. The Balaban J connectivity index is 2.31. The molecule has 0 N–H and O–H groups in total. The van der Waals surface area contributed by atoms with Gasteiger partial charge in [0.15, 0.2) is 11.5 Å². The maximum Gasteiger partial charge on any atom is 0.246 e. The molecule has 0 aromatic heterocycles. The summed E-state index contributed by atoms with van der Waals surface area (Å²) in [5, 5.41) is 0. The average Bonchev–Trinajstić information content (AvgIpc) is 2.71. The van der Waals surface area contributed by atoms with Gasteiger partial charge in [-0.15, -0.1) is 0 Å². The van der Waals surface area contributed by atoms with E-state index in [1.54, 1.807) is 52.5 Å². The lowest BCUT2D eigenvalue weighted by Gasteiger charge is -2.33. The van der Waals surface area contributed by atoms with Gasteiger partial charge in [0.1, 0.15) is 6.04 Å². The Bertz CT molecular complexity index is 974. The van der Waals surface area contributed by atoms with Gasteiger partial charge in [-0.2, -0.15) is 0 Å². The summed E-state index contributed by atoms with van der Waals surface area (Å²) in [7, 11) is 1.11. The second-order valence-corrected chi connectivity index (χ2v) is 9.06. The van der Waals surface area contributed by atoms with E-state index in [4.69, 9.17) is 9.47 Å². The Morgan fingerprint density at radius 1 is 1.03 bits per heavy atom. The van der Waals surface area contributed by atoms with Gasteiger partial charge in [-0.1, -0.05) is 30.7 Å². The van der Waals surface area contributed by atoms with E-state index in [9.17, 15) is 13.2 Å². The number of hydrogen-bond acceptors (Lipinski definition) is 5. The van der Waals surface area contributed by atoms with E-state index in [1.807, 2.05) is 25.1 Å². The van der Waals surface area contributed by atoms with Crippen LogP contribution in [-0.4, -0.2) is 52.8 Å². The molecule has 0 bridgehead atoms. The molecule has 2 aromatic rings. The number of benzene rings is 2. The number of methoxy groups -OCH3 is 2. The maximum absolute atomic E-state index is 13.2. The van der Waals surface area contributed by atoms with E-state index in [-0.39, 0.29) is 5.91 Å². The second kappa shape index (κ2) is 9.84. The molecule has 0 heterocycles. The Kier molecular flexibility index (Phi) is 7.72. The van der Waals surface area contributed by atoms with Gasteiger partial charge in [0.2, 0.25) is 15.9 Å². The van der Waals surface area contributed by atoms with Crippen LogP contribution in [0.4, 0.5) is 5.69 Å². The van der Waals surface area contributed by atoms with E-state index < -0.39 is 16.1 Å². The molecule has 0 aliphatic carbocycles. The summed E-state index contributed by atoms with van der Waals surface area (Å²) < 4.78 is 36.9. The van der Waals surface area contributed by atoms with Crippen molar-refractivity contribution in [3.05, 3.63) is 53.6 Å². The van der Waals surface area contributed by atoms with Gasteiger partial charge < -0.3 is 14.4 Å². The number of aryl methyl sites for hydroxylation is 1. The van der Waals surface area contributed by atoms with Crippen molar-refractivity contribution in [1.29, 1.82) is 0 Å². The molecule has 0 radical (unpaired) electrons. The molecule has 2 rings (SSSR count). The van der Waals surface area contributed by atoms with Crippen molar-refractivity contribution in [3.63, 3.8) is 0 Å². The quantitative estimate of drug-likeness (QED) is 0.606. The van der Waals surface area contributed by atoms with Gasteiger partial charge in [-0.05, 0) is 43.2 Å². The Hall–Kier alpha value is -2.74. The second-order valence-electron chi connectivity index (χ2n) is 7.20. The minimum atomic E-state index is -3.66. The number of nitrogens with zero attached hydrogens (tertiary/aromatic N) is 2. The third kappa shape index (κ3) is 5.44. The zero-order valence-electron chi connectivity index (χ0n) is 18.4. The summed E-state index contributed by atoms with van der Waals surface area (Å²) in [5.74, 6) is 0.892. The molecular weight excluding hydrogens is 404 g/mol. The van der Waals surface area contributed by atoms with Gasteiger partial charge in [0.05, 0.1) is 26.2 Å². The number of likely N-dealkylation sites (N-methyl/N-ethyl adjacent to an activating group) is 1. The molecule has 0 fully saturated rings. The number of hydrogen-bond donors (Lipinski definition) is 0. The monoisotopic (exact) mass is 434 g/mol. The van der Waals surface area contributed by atoms with Crippen molar-refractivity contribution in [2.75, 3.05) is 31.8 Å². The van der Waals surface area contributed by atoms with Gasteiger partial charge in [-0.25, -0.2) is 8.42 Å². The Morgan fingerprint density at radius 2 is 1.63 bits per heavy atom. The van der Waals surface area contributed by atoms with Crippen molar-refractivity contribution in [1.82, 2.24) is 4.90 Å². The third-order valence-corrected chi connectivity index (χ3v) is 6.02. The fourth-order valence-corrected chi connectivity index (χ4v) is 4.53. The molecule has 0 unspecified atom stereocenters. The van der Waals surface area contributed by atoms with E-state index >= 15 is 0 Å². The number of anilines is 1. The first-order chi connectivity index (χ1) is 14.1. The summed E-state index contributed by atoms with van der Waals surface area (Å²) in [6.07, 6.45) is 1.47. The van der Waals surface area contributed by atoms with Gasteiger partial charge >= 0.3 is 0 Å². The molecule has 7 nitrogen and oxygen atoms in total. The van der Waals surface area contributed by atoms with E-state index in [0.717, 1.165) is 17.4 Å². The lowest BCUT2D eigenvalue weighted by atomic mass is 10.1. The van der Waals surface area contributed by atoms with Crippen LogP contribution < -0.4 is 13.8 Å². The van der Waals surface area contributed by atoms with Crippen LogP contribution in [0.1, 0.15) is 24.5 Å². The SMILES string of the molecule is CC[C@@H](C(=O)N(C)Cc1ccc(OC)c(OC)c1)N(c1ccc(C)cc1)S(C)(=O)=O. The summed E-state index contributed by atoms with van der Waals surface area (Å²) in [5.41, 5.74) is 2.33. The van der Waals surface area contributed by atoms with Crippen molar-refractivity contribution < 1.29 is 22.7 Å². The first kappa shape index (κ1) is 23.5. The van der Waals surface area contributed by atoms with Crippen LogP contribution >= 0.6 is 0 Å². The predicted molar refractivity (Wildman–Crippen MR) is 119 cm³/mol. The first-order valence-electron chi connectivity index (χ1n) is 9.64. The lowest BCUT2D eigenvalue weighted by Crippen LogP contribution is -2.49. The van der Waals surface area contributed by atoms with Crippen molar-refractivity contribution in [2.24, 2.45) is 0 Å². The van der Waals surface area contributed by atoms with Gasteiger partial charge in [0.25, 0.3) is 0 Å². The van der Waals surface area contributed by atoms with Crippen LogP contribution in [-0.2, 0) is 21.4 Å². The molecule has 30 heavy (non-hydrogen) atoms. The van der Waals surface area contributed by atoms with Crippen LogP contribution in [0, 0.1) is 6.92 Å². The smallest absolute Gasteiger partial charge is 0.246 e. The molecule has 0 spiro atoms. The average molecular weight is 435 g/mol. The fourth-order valence-electron chi connectivity index (χ4n) is 3.32. The number of carbonyl (C=O) groups is 1. The van der Waals surface area contributed by atoms with Crippen LogP contribution in [0.2, 0.25) is 0 Å². The maximum atomic E-state index is 13.2. The lowest BCUT2D eigenvalue weighted by molar-refractivity contribution is -0.131. The van der Waals surface area contributed by atoms with Crippen molar-refractivity contribution in [2.45, 2.75) is 32.9 Å². The highest BCUT2D eigenvalue weighted by atomic mass is 32.2. The predicted octanol–water partition coefficient (Wildman–Crippen LogP) is 3.22. The van der Waals surface area contributed by atoms with Crippen LogP contribution in [0.5, 0.6) is 11.5 Å². The minimum Gasteiger partial charge on any atom is -0.493 e. The number of carbonyl (C=O) groups excluding carboxylic acids is 1. The number of ether oxygens (including phenoxy) is 2. The van der Waals surface area contributed by atoms with E-state index in [2.05, 4.69) is 0 Å². The van der Waals surface area contributed by atoms with Crippen LogP contribution in [0.25, 0.3) is 0 Å². The molecule has 0 saturated heterocycles. The van der Waals surface area contributed by atoms with E-state index in [0.29, 0.717) is 30.2 Å². The highest BCUT2D eigenvalue weighted by Crippen LogP contribution is 2.28. The number of rotatable bonds is 9. The molecule has 1 amide bonds. The Labute approximate surface area is 179 Å². The van der Waals surface area contributed by atoms with E-state index in [1.165, 1.54) is 9.21 Å². The molecule has 0 saturated carbocycles. The molecule has 1 atom stereocenters. The van der Waals surface area contributed by atoms with Crippen molar-refractivity contribution in [3.8, 4) is 11.5 Å². The normalized spacial score (nSPS) is 12.2. The minimum absolute atomic E-state index is 0.279. The topological polar surface area (TPSA) is 76.2 Å². The summed E-state index contributed by atoms with van der Waals surface area (Å²) in [6.45, 7) is 4.04. The summed E-state index contributed by atoms with van der Waals surface area (Å²) >= 11 is 0. The zero-order valence-corrected chi connectivity index (χ0v) is 19.2. The molecule has 0 aliphatic heterocycles. The highest BCUT2D eigenvalue weighted by Gasteiger charge is 2.33. The summed E-state index contributed by atoms with van der Waals surface area (Å²) in [4.78, 5) is 14.8. The molecule has 2 aromatic carbocycles.